The van der Waals surface area contributed by atoms with Crippen LogP contribution in [0.4, 0.5) is 0 Å². The van der Waals surface area contributed by atoms with Gasteiger partial charge in [0.25, 0.3) is 0 Å². The summed E-state index contributed by atoms with van der Waals surface area (Å²) < 4.78 is 2.19. The first-order valence-corrected chi connectivity index (χ1v) is 6.05. The standard InChI is InChI=1S/C13H16BN2/c1-3-10-9-16-13(12(10)4-2)8-11-6-5-7-15(11)14-16/h5-8H,3-4,9H2,1-2H3. The quantitative estimate of drug-likeness (QED) is 0.682. The van der Waals surface area contributed by atoms with Crippen molar-refractivity contribution in [2.24, 2.45) is 0 Å². The second-order valence-electron chi connectivity index (χ2n) is 4.40. The van der Waals surface area contributed by atoms with Gasteiger partial charge in [0.1, 0.15) is 0 Å². The minimum atomic E-state index is 1.07. The van der Waals surface area contributed by atoms with Crippen LogP contribution in [0.5, 0.6) is 0 Å². The van der Waals surface area contributed by atoms with E-state index >= 15 is 0 Å². The molecular formula is C13H16BN2. The Bertz CT molecular complexity index is 482. The summed E-state index contributed by atoms with van der Waals surface area (Å²) in [6.07, 6.45) is 6.72. The lowest BCUT2D eigenvalue weighted by Crippen LogP contribution is -2.33. The predicted octanol–water partition coefficient (Wildman–Crippen LogP) is 2.66. The summed E-state index contributed by atoms with van der Waals surface area (Å²) >= 11 is 0. The van der Waals surface area contributed by atoms with Crippen molar-refractivity contribution in [3.63, 3.8) is 0 Å². The van der Waals surface area contributed by atoms with E-state index < -0.39 is 0 Å². The van der Waals surface area contributed by atoms with Crippen molar-refractivity contribution in [1.82, 2.24) is 9.29 Å². The molecule has 0 amide bonds. The van der Waals surface area contributed by atoms with Crippen molar-refractivity contribution in [3.8, 4) is 0 Å². The van der Waals surface area contributed by atoms with E-state index in [2.05, 4.69) is 55.1 Å². The maximum Gasteiger partial charge on any atom is 0.396 e. The maximum atomic E-state index is 2.37. The number of hydrogen-bond donors (Lipinski definition) is 0. The van der Waals surface area contributed by atoms with E-state index in [9.17, 15) is 0 Å². The van der Waals surface area contributed by atoms with E-state index in [1.165, 1.54) is 17.8 Å². The summed E-state index contributed by atoms with van der Waals surface area (Å²) in [6.45, 7) is 5.58. The van der Waals surface area contributed by atoms with Crippen molar-refractivity contribution in [2.45, 2.75) is 26.7 Å². The highest BCUT2D eigenvalue weighted by molar-refractivity contribution is 6.33. The zero-order valence-corrected chi connectivity index (χ0v) is 9.90. The lowest BCUT2D eigenvalue weighted by molar-refractivity contribution is 0.612. The molecule has 0 bridgehead atoms. The van der Waals surface area contributed by atoms with E-state index in [1.807, 2.05) is 0 Å². The summed E-state index contributed by atoms with van der Waals surface area (Å²) in [5.41, 5.74) is 5.84. The third kappa shape index (κ3) is 1.27. The Kier molecular flexibility index (Phi) is 2.20. The molecular weight excluding hydrogens is 195 g/mol. The molecule has 0 aromatic carbocycles. The lowest BCUT2D eigenvalue weighted by atomic mass is 9.99. The van der Waals surface area contributed by atoms with Gasteiger partial charge in [-0.05, 0) is 48.4 Å². The molecule has 2 aliphatic rings. The van der Waals surface area contributed by atoms with Gasteiger partial charge in [-0.1, -0.05) is 13.8 Å². The lowest BCUT2D eigenvalue weighted by Gasteiger charge is -2.26. The fourth-order valence-electron chi connectivity index (χ4n) is 2.69. The van der Waals surface area contributed by atoms with Gasteiger partial charge in [0.15, 0.2) is 0 Å². The van der Waals surface area contributed by atoms with Crippen LogP contribution in [0.25, 0.3) is 6.08 Å². The molecule has 3 heteroatoms. The maximum absolute atomic E-state index is 2.37. The normalized spacial score (nSPS) is 18.1. The van der Waals surface area contributed by atoms with Crippen LogP contribution in [-0.2, 0) is 0 Å². The Labute approximate surface area is 97.5 Å². The van der Waals surface area contributed by atoms with Crippen molar-refractivity contribution in [1.29, 1.82) is 0 Å². The van der Waals surface area contributed by atoms with E-state index in [0.717, 1.165) is 13.0 Å². The Balaban J connectivity index is 2.06. The van der Waals surface area contributed by atoms with Gasteiger partial charge in [0.05, 0.1) is 0 Å². The van der Waals surface area contributed by atoms with Crippen molar-refractivity contribution in [2.75, 3.05) is 6.54 Å². The zero-order valence-electron chi connectivity index (χ0n) is 9.90. The van der Waals surface area contributed by atoms with Crippen LogP contribution in [0.2, 0.25) is 0 Å². The highest BCUT2D eigenvalue weighted by Gasteiger charge is 2.28. The molecule has 2 aliphatic heterocycles. The summed E-state index contributed by atoms with van der Waals surface area (Å²) in [7, 11) is 2.21. The van der Waals surface area contributed by atoms with E-state index in [-0.39, 0.29) is 0 Å². The van der Waals surface area contributed by atoms with E-state index in [4.69, 9.17) is 0 Å². The van der Waals surface area contributed by atoms with Gasteiger partial charge >= 0.3 is 7.55 Å². The minimum Gasteiger partial charge on any atom is -0.395 e. The molecule has 0 spiro atoms. The van der Waals surface area contributed by atoms with Gasteiger partial charge in [-0.25, -0.2) is 0 Å². The van der Waals surface area contributed by atoms with Gasteiger partial charge in [-0.15, -0.1) is 0 Å². The first-order chi connectivity index (χ1) is 7.83. The minimum absolute atomic E-state index is 1.07. The molecule has 2 nitrogen and oxygen atoms in total. The van der Waals surface area contributed by atoms with Crippen LogP contribution in [0.15, 0.2) is 35.2 Å². The average molecular weight is 211 g/mol. The molecule has 81 valence electrons. The third-order valence-corrected chi connectivity index (χ3v) is 3.55. The number of fused-ring (bicyclic) bond motifs is 2. The Morgan fingerprint density at radius 3 is 2.94 bits per heavy atom. The number of hydrogen-bond acceptors (Lipinski definition) is 1. The van der Waals surface area contributed by atoms with Crippen molar-refractivity contribution >= 4 is 13.6 Å². The number of aromatic nitrogens is 1. The second kappa shape index (κ2) is 3.58. The first-order valence-electron chi connectivity index (χ1n) is 6.05. The molecule has 16 heavy (non-hydrogen) atoms. The van der Waals surface area contributed by atoms with E-state index in [0.29, 0.717) is 0 Å². The Hall–Kier alpha value is -1.38. The summed E-state index contributed by atoms with van der Waals surface area (Å²) in [5, 5.41) is 0. The fraction of sp³-hybridized carbons (Fsp3) is 0.385. The molecule has 0 saturated carbocycles. The molecule has 1 aromatic heterocycles. The van der Waals surface area contributed by atoms with Crippen molar-refractivity contribution < 1.29 is 0 Å². The van der Waals surface area contributed by atoms with Crippen LogP contribution in [0.1, 0.15) is 32.4 Å². The van der Waals surface area contributed by atoms with Gasteiger partial charge < -0.3 is 9.29 Å². The van der Waals surface area contributed by atoms with Crippen LogP contribution >= 0.6 is 0 Å². The smallest absolute Gasteiger partial charge is 0.395 e. The molecule has 0 N–H and O–H groups in total. The Morgan fingerprint density at radius 1 is 1.31 bits per heavy atom. The largest absolute Gasteiger partial charge is 0.396 e. The molecule has 3 heterocycles. The summed E-state index contributed by atoms with van der Waals surface area (Å²) in [6, 6.07) is 4.26. The van der Waals surface area contributed by atoms with Crippen LogP contribution < -0.4 is 0 Å². The second-order valence-corrected chi connectivity index (χ2v) is 4.40. The number of nitrogens with zero attached hydrogens (tertiary/aromatic N) is 2. The highest BCUT2D eigenvalue weighted by Crippen LogP contribution is 2.34. The van der Waals surface area contributed by atoms with Crippen LogP contribution in [-0.4, -0.2) is 23.4 Å². The molecule has 0 atom stereocenters. The third-order valence-electron chi connectivity index (χ3n) is 3.55. The van der Waals surface area contributed by atoms with Gasteiger partial charge in [0, 0.05) is 17.9 Å². The van der Waals surface area contributed by atoms with Crippen LogP contribution in [0, 0.1) is 0 Å². The SMILES string of the molecule is CCC1=C(CC)C2=Cc3cccn3[B]N2C1. The number of allylic oxidation sites excluding steroid dienone is 1. The molecule has 0 saturated heterocycles. The summed E-state index contributed by atoms with van der Waals surface area (Å²) in [5.74, 6) is 0. The highest BCUT2D eigenvalue weighted by atomic mass is 15.2. The van der Waals surface area contributed by atoms with Gasteiger partial charge in [-0.2, -0.15) is 0 Å². The monoisotopic (exact) mass is 211 g/mol. The Morgan fingerprint density at radius 2 is 2.19 bits per heavy atom. The molecule has 0 unspecified atom stereocenters. The molecule has 1 radical (unpaired) electrons. The fourth-order valence-corrected chi connectivity index (χ4v) is 2.69. The summed E-state index contributed by atoms with van der Waals surface area (Å²) in [4.78, 5) is 2.37. The number of rotatable bonds is 2. The predicted molar refractivity (Wildman–Crippen MR) is 67.9 cm³/mol. The van der Waals surface area contributed by atoms with Crippen molar-refractivity contribution in [3.05, 3.63) is 40.9 Å². The van der Waals surface area contributed by atoms with Gasteiger partial charge in [0.2, 0.25) is 0 Å². The molecule has 1 aromatic rings. The topological polar surface area (TPSA) is 8.17 Å². The molecule has 0 aliphatic carbocycles. The van der Waals surface area contributed by atoms with Crippen LogP contribution in [0.3, 0.4) is 0 Å². The first kappa shape index (κ1) is 9.82. The van der Waals surface area contributed by atoms with Gasteiger partial charge in [-0.3, -0.25) is 0 Å². The average Bonchev–Trinajstić information content (AvgIpc) is 2.87. The zero-order chi connectivity index (χ0) is 11.1. The molecule has 3 rings (SSSR count). The van der Waals surface area contributed by atoms with E-state index in [1.54, 1.807) is 11.1 Å². The molecule has 0 fully saturated rings.